The molecule has 0 radical (unpaired) electrons. The van der Waals surface area contributed by atoms with Gasteiger partial charge in [0, 0.05) is 26.4 Å². The third kappa shape index (κ3) is 9.58. The summed E-state index contributed by atoms with van der Waals surface area (Å²) in [5.41, 5.74) is 6.56. The van der Waals surface area contributed by atoms with Gasteiger partial charge in [0.2, 0.25) is 0 Å². The molecule has 4 heterocycles. The fourth-order valence-electron chi connectivity index (χ4n) is 8.40. The summed E-state index contributed by atoms with van der Waals surface area (Å²) in [6, 6.07) is 22.9. The zero-order valence-electron chi connectivity index (χ0n) is 35.0. The fraction of sp³-hybridized carbons (Fsp3) is 0.469. The highest BCUT2D eigenvalue weighted by Gasteiger charge is 2.44. The lowest BCUT2D eigenvalue weighted by Gasteiger charge is -2.39. The second-order valence-corrected chi connectivity index (χ2v) is 20.4. The highest BCUT2D eigenvalue weighted by molar-refractivity contribution is 7.25. The Morgan fingerprint density at radius 1 is 0.621 bits per heavy atom. The lowest BCUT2D eigenvalue weighted by molar-refractivity contribution is -0.137. The molecule has 2 unspecified atom stereocenters. The van der Waals surface area contributed by atoms with Gasteiger partial charge in [-0.15, -0.1) is 22.7 Å². The maximum absolute atomic E-state index is 13.4. The Hall–Kier alpha value is -3.53. The number of fused-ring (bicyclic) bond motifs is 4. The van der Waals surface area contributed by atoms with Crippen LogP contribution in [0.1, 0.15) is 122 Å². The number of alkyl halides is 3. The molecule has 1 aliphatic heterocycles. The third-order valence-electron chi connectivity index (χ3n) is 12.0. The van der Waals surface area contributed by atoms with E-state index >= 15 is 0 Å². The van der Waals surface area contributed by atoms with Crippen molar-refractivity contribution in [1.82, 2.24) is 8.75 Å². The normalized spacial score (nSPS) is 16.5. The molecule has 6 aromatic rings. The number of benzene rings is 3. The number of aromatic nitrogens is 2. The molecule has 3 aromatic carbocycles. The Morgan fingerprint density at radius 3 is 1.76 bits per heavy atom. The molecule has 9 heteroatoms. The largest absolute Gasteiger partial charge is 0.481 e. The molecule has 0 N–H and O–H groups in total. The minimum absolute atomic E-state index is 0.442. The molecule has 0 aliphatic carbocycles. The summed E-state index contributed by atoms with van der Waals surface area (Å²) >= 11 is 4.75. The molecule has 0 saturated heterocycles. The van der Waals surface area contributed by atoms with Crippen molar-refractivity contribution in [3.05, 3.63) is 89.5 Å². The van der Waals surface area contributed by atoms with Gasteiger partial charge < -0.3 is 4.74 Å². The summed E-state index contributed by atoms with van der Waals surface area (Å²) in [7, 11) is 0. The maximum Gasteiger partial charge on any atom is 0.416 e. The van der Waals surface area contributed by atoms with Crippen LogP contribution in [0.4, 0.5) is 13.2 Å². The molecule has 3 aromatic heterocycles. The van der Waals surface area contributed by atoms with Crippen molar-refractivity contribution in [1.29, 1.82) is 0 Å². The Balaban J connectivity index is 1.28. The van der Waals surface area contributed by atoms with E-state index in [1.807, 2.05) is 23.5 Å². The highest BCUT2D eigenvalue weighted by Crippen LogP contribution is 2.58. The second-order valence-electron chi connectivity index (χ2n) is 17.8. The van der Waals surface area contributed by atoms with Crippen LogP contribution in [0.3, 0.4) is 0 Å². The molecule has 0 saturated carbocycles. The first-order valence-electron chi connectivity index (χ1n) is 21.2. The van der Waals surface area contributed by atoms with Gasteiger partial charge in [0.25, 0.3) is 0 Å². The van der Waals surface area contributed by atoms with Crippen LogP contribution >= 0.6 is 34.4 Å². The number of thiophene rings is 2. The Kier molecular flexibility index (Phi) is 13.2. The molecule has 0 spiro atoms. The minimum Gasteiger partial charge on any atom is -0.481 e. The molecular formula is C49H57F3N2OS3. The smallest absolute Gasteiger partial charge is 0.416 e. The lowest BCUT2D eigenvalue weighted by Crippen LogP contribution is -2.36. The van der Waals surface area contributed by atoms with Gasteiger partial charge in [-0.25, -0.2) is 0 Å². The molecule has 58 heavy (non-hydrogen) atoms. The van der Waals surface area contributed by atoms with Gasteiger partial charge in [-0.1, -0.05) is 134 Å². The summed E-state index contributed by atoms with van der Waals surface area (Å²) in [4.78, 5) is 4.78. The first-order chi connectivity index (χ1) is 27.7. The van der Waals surface area contributed by atoms with Gasteiger partial charge in [-0.05, 0) is 91.7 Å². The summed E-state index contributed by atoms with van der Waals surface area (Å²) in [6.45, 7) is 16.3. The maximum atomic E-state index is 13.4. The van der Waals surface area contributed by atoms with E-state index in [1.54, 1.807) is 11.3 Å². The van der Waals surface area contributed by atoms with Gasteiger partial charge in [0.15, 0.2) is 0 Å². The van der Waals surface area contributed by atoms with Crippen LogP contribution < -0.4 is 4.74 Å². The van der Waals surface area contributed by atoms with Crippen molar-refractivity contribution in [2.45, 2.75) is 124 Å². The average Bonchev–Trinajstić information content (AvgIpc) is 3.95. The molecule has 2 atom stereocenters. The van der Waals surface area contributed by atoms with Crippen molar-refractivity contribution in [3.63, 3.8) is 0 Å². The van der Waals surface area contributed by atoms with E-state index in [0.29, 0.717) is 22.9 Å². The van der Waals surface area contributed by atoms with Crippen LogP contribution in [-0.2, 0) is 11.8 Å². The number of hydrogen-bond donors (Lipinski definition) is 0. The molecule has 0 amide bonds. The Bertz CT molecular complexity index is 2260. The van der Waals surface area contributed by atoms with Gasteiger partial charge in [-0.3, -0.25) is 0 Å². The predicted octanol–water partition coefficient (Wildman–Crippen LogP) is 16.9. The highest BCUT2D eigenvalue weighted by atomic mass is 32.1. The van der Waals surface area contributed by atoms with Crippen LogP contribution in [-0.4, -0.2) is 8.75 Å². The van der Waals surface area contributed by atoms with Crippen molar-refractivity contribution in [2.75, 3.05) is 0 Å². The number of hydrogen-bond acceptors (Lipinski definition) is 6. The summed E-state index contributed by atoms with van der Waals surface area (Å²) in [6.07, 6.45) is 7.29. The third-order valence-corrected chi connectivity index (χ3v) is 15.0. The first-order valence-corrected chi connectivity index (χ1v) is 23.5. The van der Waals surface area contributed by atoms with Crippen molar-refractivity contribution < 1.29 is 17.9 Å². The number of ether oxygens (including phenoxy) is 1. The van der Waals surface area contributed by atoms with Gasteiger partial charge in [-0.2, -0.15) is 21.9 Å². The summed E-state index contributed by atoms with van der Waals surface area (Å²) in [5.74, 6) is 3.59. The van der Waals surface area contributed by atoms with E-state index in [-0.39, 0.29) is 0 Å². The quantitative estimate of drug-likeness (QED) is 0.0917. The van der Waals surface area contributed by atoms with Gasteiger partial charge >= 0.3 is 6.18 Å². The van der Waals surface area contributed by atoms with Crippen LogP contribution in [0.5, 0.6) is 5.75 Å². The van der Waals surface area contributed by atoms with E-state index in [9.17, 15) is 13.2 Å². The molecule has 0 fully saturated rings. The van der Waals surface area contributed by atoms with Crippen molar-refractivity contribution in [2.24, 2.45) is 23.7 Å². The fourth-order valence-corrected chi connectivity index (χ4v) is 11.5. The predicted molar refractivity (Wildman–Crippen MR) is 241 cm³/mol. The second kappa shape index (κ2) is 18.0. The number of rotatable bonds is 17. The monoisotopic (exact) mass is 842 g/mol. The minimum atomic E-state index is -4.39. The van der Waals surface area contributed by atoms with E-state index in [2.05, 4.69) is 89.2 Å². The van der Waals surface area contributed by atoms with Crippen LogP contribution in [0.15, 0.2) is 72.8 Å². The number of nitrogens with zero attached hydrogens (tertiary/aromatic N) is 2. The van der Waals surface area contributed by atoms with E-state index < -0.39 is 17.3 Å². The van der Waals surface area contributed by atoms with Crippen LogP contribution in [0.2, 0.25) is 0 Å². The zero-order valence-corrected chi connectivity index (χ0v) is 37.4. The lowest BCUT2D eigenvalue weighted by atomic mass is 9.78. The summed E-state index contributed by atoms with van der Waals surface area (Å²) < 4.78 is 57.1. The molecule has 7 rings (SSSR count). The van der Waals surface area contributed by atoms with E-state index in [1.165, 1.54) is 77.1 Å². The molecule has 0 bridgehead atoms. The van der Waals surface area contributed by atoms with Gasteiger partial charge in [0.05, 0.1) is 27.0 Å². The number of aryl methyl sites for hydroxylation is 1. The van der Waals surface area contributed by atoms with Crippen LogP contribution in [0.25, 0.3) is 52.8 Å². The molecular weight excluding hydrogens is 786 g/mol. The van der Waals surface area contributed by atoms with Crippen molar-refractivity contribution in [3.8, 4) is 47.5 Å². The SMILES string of the molecule is Cc1ccc(-c2cc3c(s2)-c2sc(-c4ccc(-c5ccc(C(F)(F)F)cc5)c5nsnc45)cc2OC3(CCC(C)CCCC(C)C)CCC(C)CCCC(C)C)cc1. The average molecular weight is 843 g/mol. The molecule has 1 aliphatic rings. The Labute approximate surface area is 355 Å². The van der Waals surface area contributed by atoms with E-state index in [0.717, 1.165) is 93.5 Å². The van der Waals surface area contributed by atoms with Gasteiger partial charge in [0.1, 0.15) is 22.4 Å². The van der Waals surface area contributed by atoms with Crippen LogP contribution in [0, 0.1) is 30.6 Å². The van der Waals surface area contributed by atoms with E-state index in [4.69, 9.17) is 9.11 Å². The first kappa shape index (κ1) is 42.6. The number of halogens is 3. The molecule has 3 nitrogen and oxygen atoms in total. The topological polar surface area (TPSA) is 35.0 Å². The zero-order chi connectivity index (χ0) is 41.2. The molecule has 308 valence electrons. The van der Waals surface area contributed by atoms with Crippen molar-refractivity contribution >= 4 is 45.4 Å². The Morgan fingerprint density at radius 2 is 1.17 bits per heavy atom. The standard InChI is InChI=1S/C49H57F3N2OS3/c1-30(2)10-8-12-32(5)24-26-48(27-25-33(6)13-9-11-31(3)4)40-28-42(36-16-14-34(7)15-17-36)56-46(40)47-41(55-48)29-43(57-47)39-23-22-38(44-45(39)54-58-53-44)35-18-20-37(21-19-35)49(50,51)52/h14-23,28-33H,8-13,24-27H2,1-7H3. The summed E-state index contributed by atoms with van der Waals surface area (Å²) in [5, 5.41) is 0.